The monoisotopic (exact) mass is 406 g/mol. The van der Waals surface area contributed by atoms with E-state index in [4.69, 9.17) is 23.7 Å². The van der Waals surface area contributed by atoms with Gasteiger partial charge in [-0.2, -0.15) is 0 Å². The van der Waals surface area contributed by atoms with Crippen molar-refractivity contribution in [1.82, 2.24) is 0 Å². The molecule has 12 unspecified atom stereocenters. The zero-order chi connectivity index (χ0) is 20.6. The van der Waals surface area contributed by atoms with Crippen LogP contribution < -0.4 is 0 Å². The van der Waals surface area contributed by atoms with Gasteiger partial charge in [-0.25, -0.2) is 0 Å². The Balaban J connectivity index is 1.54. The van der Waals surface area contributed by atoms with Gasteiger partial charge in [-0.05, 0) is 27.7 Å². The van der Waals surface area contributed by atoms with E-state index in [0.717, 1.165) is 0 Å². The second kappa shape index (κ2) is 9.20. The lowest BCUT2D eigenvalue weighted by molar-refractivity contribution is -0.326. The molecule has 0 aliphatic carbocycles. The zero-order valence-corrected chi connectivity index (χ0v) is 16.9. The first-order valence-corrected chi connectivity index (χ1v) is 10.1. The largest absolute Gasteiger partial charge is 0.390 e. The minimum absolute atomic E-state index is 0.0360. The SMILES string of the molecule is CC1CC(O)C(OC2CC(O)C(OC3CC(O)C(O)C(C)O3)C(C)O2)C(C)O1. The topological polar surface area (TPSA) is 127 Å². The number of hydrogen-bond donors (Lipinski definition) is 4. The predicted octanol–water partition coefficient (Wildman–Crippen LogP) is -0.332. The van der Waals surface area contributed by atoms with E-state index in [1.807, 2.05) is 13.8 Å². The smallest absolute Gasteiger partial charge is 0.161 e. The standard InChI is InChI=1S/C19H34O9/c1-8-5-13(21)18(10(3)24-8)28-16-7-14(22)19(11(4)26-16)27-15-6-12(20)17(23)9(2)25-15/h8-23H,5-7H2,1-4H3. The minimum Gasteiger partial charge on any atom is -0.390 e. The molecule has 4 N–H and O–H groups in total. The maximum Gasteiger partial charge on any atom is 0.161 e. The fourth-order valence-corrected chi connectivity index (χ4v) is 4.26. The van der Waals surface area contributed by atoms with E-state index in [2.05, 4.69) is 0 Å². The third-order valence-corrected chi connectivity index (χ3v) is 5.80. The molecule has 28 heavy (non-hydrogen) atoms. The summed E-state index contributed by atoms with van der Waals surface area (Å²) >= 11 is 0. The summed E-state index contributed by atoms with van der Waals surface area (Å²) in [5, 5.41) is 40.6. The first-order chi connectivity index (χ1) is 13.2. The average Bonchev–Trinajstić information content (AvgIpc) is 2.59. The summed E-state index contributed by atoms with van der Waals surface area (Å²) in [4.78, 5) is 0. The molecule has 164 valence electrons. The molecule has 0 aromatic carbocycles. The van der Waals surface area contributed by atoms with Gasteiger partial charge in [0.15, 0.2) is 12.6 Å². The van der Waals surface area contributed by atoms with Gasteiger partial charge in [-0.3, -0.25) is 0 Å². The predicted molar refractivity (Wildman–Crippen MR) is 96.3 cm³/mol. The Kier molecular flexibility index (Phi) is 7.33. The molecular weight excluding hydrogens is 372 g/mol. The van der Waals surface area contributed by atoms with Gasteiger partial charge < -0.3 is 44.1 Å². The van der Waals surface area contributed by atoms with Crippen LogP contribution in [0.15, 0.2) is 0 Å². The van der Waals surface area contributed by atoms with E-state index < -0.39 is 61.4 Å². The molecular formula is C19H34O9. The van der Waals surface area contributed by atoms with E-state index in [9.17, 15) is 20.4 Å². The summed E-state index contributed by atoms with van der Waals surface area (Å²) in [7, 11) is 0. The van der Waals surface area contributed by atoms with Crippen LogP contribution in [0, 0.1) is 0 Å². The molecule has 12 atom stereocenters. The van der Waals surface area contributed by atoms with Crippen molar-refractivity contribution in [1.29, 1.82) is 0 Å². The molecule has 9 heteroatoms. The highest BCUT2D eigenvalue weighted by atomic mass is 16.7. The molecule has 0 aromatic heterocycles. The van der Waals surface area contributed by atoms with Crippen LogP contribution in [0.5, 0.6) is 0 Å². The van der Waals surface area contributed by atoms with Crippen LogP contribution in [0.3, 0.4) is 0 Å². The lowest BCUT2D eigenvalue weighted by atomic mass is 9.98. The molecule has 3 rings (SSSR count). The molecule has 3 heterocycles. The van der Waals surface area contributed by atoms with Gasteiger partial charge in [0.05, 0.1) is 42.7 Å². The van der Waals surface area contributed by atoms with Crippen LogP contribution in [0.4, 0.5) is 0 Å². The Bertz CT molecular complexity index is 470. The van der Waals surface area contributed by atoms with E-state index >= 15 is 0 Å². The number of rotatable bonds is 4. The third-order valence-electron chi connectivity index (χ3n) is 5.80. The van der Waals surface area contributed by atoms with Crippen molar-refractivity contribution in [3.63, 3.8) is 0 Å². The summed E-state index contributed by atoms with van der Waals surface area (Å²) in [5.41, 5.74) is 0. The van der Waals surface area contributed by atoms with E-state index in [-0.39, 0.29) is 25.0 Å². The highest BCUT2D eigenvalue weighted by molar-refractivity contribution is 4.88. The van der Waals surface area contributed by atoms with Gasteiger partial charge in [-0.1, -0.05) is 0 Å². The van der Waals surface area contributed by atoms with Crippen LogP contribution >= 0.6 is 0 Å². The molecule has 3 fully saturated rings. The third kappa shape index (κ3) is 5.03. The van der Waals surface area contributed by atoms with Crippen LogP contribution in [0.25, 0.3) is 0 Å². The molecule has 9 nitrogen and oxygen atoms in total. The van der Waals surface area contributed by atoms with Gasteiger partial charge in [0, 0.05) is 19.3 Å². The van der Waals surface area contributed by atoms with Crippen molar-refractivity contribution in [2.45, 2.75) is 121 Å². The number of hydrogen-bond acceptors (Lipinski definition) is 9. The first kappa shape index (κ1) is 22.3. The molecule has 0 bridgehead atoms. The van der Waals surface area contributed by atoms with Crippen molar-refractivity contribution in [2.24, 2.45) is 0 Å². The molecule has 3 saturated heterocycles. The van der Waals surface area contributed by atoms with E-state index in [0.29, 0.717) is 6.42 Å². The maximum atomic E-state index is 10.6. The Hall–Kier alpha value is -0.360. The zero-order valence-electron chi connectivity index (χ0n) is 16.9. The number of aliphatic hydroxyl groups excluding tert-OH is 4. The molecule has 0 spiro atoms. The van der Waals surface area contributed by atoms with Gasteiger partial charge in [-0.15, -0.1) is 0 Å². The molecule has 0 saturated carbocycles. The fourth-order valence-electron chi connectivity index (χ4n) is 4.26. The summed E-state index contributed by atoms with van der Waals surface area (Å²) in [5.74, 6) is 0. The normalized spacial score (nSPS) is 53.1. The molecule has 3 aliphatic heterocycles. The van der Waals surface area contributed by atoms with Crippen LogP contribution in [0.1, 0.15) is 47.0 Å². The Morgan fingerprint density at radius 3 is 1.57 bits per heavy atom. The van der Waals surface area contributed by atoms with Crippen molar-refractivity contribution >= 4 is 0 Å². The van der Waals surface area contributed by atoms with E-state index in [1.54, 1.807) is 13.8 Å². The summed E-state index contributed by atoms with van der Waals surface area (Å²) in [6.45, 7) is 7.18. The maximum absolute atomic E-state index is 10.6. The molecule has 0 radical (unpaired) electrons. The van der Waals surface area contributed by atoms with Crippen molar-refractivity contribution in [3.05, 3.63) is 0 Å². The molecule has 0 amide bonds. The number of ether oxygens (including phenoxy) is 5. The van der Waals surface area contributed by atoms with Crippen molar-refractivity contribution in [2.75, 3.05) is 0 Å². The van der Waals surface area contributed by atoms with Crippen LogP contribution in [-0.2, 0) is 23.7 Å². The summed E-state index contributed by atoms with van der Waals surface area (Å²) < 4.78 is 28.9. The van der Waals surface area contributed by atoms with E-state index in [1.165, 1.54) is 0 Å². The van der Waals surface area contributed by atoms with Gasteiger partial charge >= 0.3 is 0 Å². The van der Waals surface area contributed by atoms with Crippen molar-refractivity contribution < 1.29 is 44.1 Å². The lowest BCUT2D eigenvalue weighted by Gasteiger charge is -2.44. The average molecular weight is 406 g/mol. The minimum atomic E-state index is -0.962. The Labute approximate surface area is 165 Å². The lowest BCUT2D eigenvalue weighted by Crippen LogP contribution is -2.56. The van der Waals surface area contributed by atoms with Crippen LogP contribution in [0.2, 0.25) is 0 Å². The Morgan fingerprint density at radius 2 is 1.07 bits per heavy atom. The summed E-state index contributed by atoms with van der Waals surface area (Å²) in [6, 6.07) is 0. The first-order valence-electron chi connectivity index (χ1n) is 10.1. The highest BCUT2D eigenvalue weighted by Gasteiger charge is 2.44. The van der Waals surface area contributed by atoms with Crippen LogP contribution in [-0.4, -0.2) is 94.0 Å². The van der Waals surface area contributed by atoms with Gasteiger partial charge in [0.25, 0.3) is 0 Å². The van der Waals surface area contributed by atoms with Gasteiger partial charge in [0.2, 0.25) is 0 Å². The highest BCUT2D eigenvalue weighted by Crippen LogP contribution is 2.31. The second-order valence-electron chi connectivity index (χ2n) is 8.29. The van der Waals surface area contributed by atoms with Gasteiger partial charge in [0.1, 0.15) is 18.3 Å². The van der Waals surface area contributed by atoms with Crippen molar-refractivity contribution in [3.8, 4) is 0 Å². The molecule has 3 aliphatic rings. The fraction of sp³-hybridized carbons (Fsp3) is 1.00. The number of aliphatic hydroxyl groups is 4. The molecule has 0 aromatic rings. The second-order valence-corrected chi connectivity index (χ2v) is 8.29. The quantitative estimate of drug-likeness (QED) is 0.496. The Morgan fingerprint density at radius 1 is 0.607 bits per heavy atom. The summed E-state index contributed by atoms with van der Waals surface area (Å²) in [6.07, 6.45) is -6.67.